The summed E-state index contributed by atoms with van der Waals surface area (Å²) in [6, 6.07) is 13.4. The maximum atomic E-state index is 11.1. The molecule has 4 nitrogen and oxygen atoms in total. The van der Waals surface area contributed by atoms with Gasteiger partial charge in [-0.15, -0.1) is 0 Å². The second-order valence-corrected chi connectivity index (χ2v) is 4.95. The topological polar surface area (TPSA) is 53.4 Å². The summed E-state index contributed by atoms with van der Waals surface area (Å²) < 4.78 is 0. The molecule has 1 aromatic carbocycles. The van der Waals surface area contributed by atoms with Crippen molar-refractivity contribution < 1.29 is 9.90 Å². The van der Waals surface area contributed by atoms with Crippen molar-refractivity contribution in [1.82, 2.24) is 4.98 Å². The van der Waals surface area contributed by atoms with E-state index in [2.05, 4.69) is 16.8 Å². The Bertz CT molecular complexity index is 611. The number of carbonyl (C=O) groups is 1. The van der Waals surface area contributed by atoms with Crippen LogP contribution >= 0.6 is 0 Å². The Kier molecular flexibility index (Phi) is 4.93. The van der Waals surface area contributed by atoms with E-state index >= 15 is 0 Å². The first-order valence-electron chi connectivity index (χ1n) is 7.17. The largest absolute Gasteiger partial charge is 0.478 e. The van der Waals surface area contributed by atoms with Gasteiger partial charge in [0.1, 0.15) is 5.82 Å². The van der Waals surface area contributed by atoms with Gasteiger partial charge in [-0.1, -0.05) is 31.5 Å². The van der Waals surface area contributed by atoms with Gasteiger partial charge >= 0.3 is 5.97 Å². The predicted molar refractivity (Wildman–Crippen MR) is 84.3 cm³/mol. The molecule has 0 saturated carbocycles. The van der Waals surface area contributed by atoms with E-state index in [-0.39, 0.29) is 5.56 Å². The molecule has 0 aliphatic heterocycles. The standard InChI is InChI=1S/C17H20N2O2/c1-3-4-12-19(14-8-6-5-7-9-14)16-11-10-15(17(20)21)13(2)18-16/h5-11H,3-4,12H2,1-2H3,(H,20,21). The zero-order chi connectivity index (χ0) is 15.2. The number of hydrogen-bond acceptors (Lipinski definition) is 3. The third-order valence-corrected chi connectivity index (χ3v) is 3.38. The van der Waals surface area contributed by atoms with Gasteiger partial charge in [0, 0.05) is 12.2 Å². The van der Waals surface area contributed by atoms with Crippen LogP contribution < -0.4 is 4.90 Å². The summed E-state index contributed by atoms with van der Waals surface area (Å²) in [7, 11) is 0. The lowest BCUT2D eigenvalue weighted by molar-refractivity contribution is 0.0695. The van der Waals surface area contributed by atoms with Crippen molar-refractivity contribution in [3.8, 4) is 0 Å². The molecule has 110 valence electrons. The summed E-state index contributed by atoms with van der Waals surface area (Å²) in [6.45, 7) is 4.74. The SMILES string of the molecule is CCCCN(c1ccccc1)c1ccc(C(=O)O)c(C)n1. The minimum absolute atomic E-state index is 0.252. The van der Waals surface area contributed by atoms with Crippen LogP contribution in [-0.4, -0.2) is 22.6 Å². The van der Waals surface area contributed by atoms with Gasteiger partial charge in [0.25, 0.3) is 0 Å². The highest BCUT2D eigenvalue weighted by Gasteiger charge is 2.14. The van der Waals surface area contributed by atoms with Crippen molar-refractivity contribution >= 4 is 17.5 Å². The number of aromatic carboxylic acids is 1. The number of hydrogen-bond donors (Lipinski definition) is 1. The highest BCUT2D eigenvalue weighted by molar-refractivity contribution is 5.89. The van der Waals surface area contributed by atoms with Crippen molar-refractivity contribution in [2.75, 3.05) is 11.4 Å². The van der Waals surface area contributed by atoms with Crippen molar-refractivity contribution in [3.05, 3.63) is 53.7 Å². The smallest absolute Gasteiger partial charge is 0.337 e. The van der Waals surface area contributed by atoms with Crippen molar-refractivity contribution in [1.29, 1.82) is 0 Å². The fourth-order valence-electron chi connectivity index (χ4n) is 2.22. The third kappa shape index (κ3) is 3.60. The van der Waals surface area contributed by atoms with E-state index in [0.29, 0.717) is 5.69 Å². The lowest BCUT2D eigenvalue weighted by atomic mass is 10.2. The minimum Gasteiger partial charge on any atom is -0.478 e. The van der Waals surface area contributed by atoms with Crippen molar-refractivity contribution in [2.24, 2.45) is 0 Å². The average molecular weight is 284 g/mol. The number of aryl methyl sites for hydroxylation is 1. The van der Waals surface area contributed by atoms with Crippen LogP contribution in [0.1, 0.15) is 35.8 Å². The van der Waals surface area contributed by atoms with Crippen molar-refractivity contribution in [2.45, 2.75) is 26.7 Å². The van der Waals surface area contributed by atoms with Crippen LogP contribution in [0.4, 0.5) is 11.5 Å². The molecule has 1 aromatic heterocycles. The number of pyridine rings is 1. The molecule has 0 bridgehead atoms. The molecule has 0 radical (unpaired) electrons. The first-order chi connectivity index (χ1) is 10.1. The van der Waals surface area contributed by atoms with Crippen molar-refractivity contribution in [3.63, 3.8) is 0 Å². The average Bonchev–Trinajstić information content (AvgIpc) is 2.48. The van der Waals surface area contributed by atoms with Crippen LogP contribution in [0.15, 0.2) is 42.5 Å². The lowest BCUT2D eigenvalue weighted by Crippen LogP contribution is -2.20. The molecule has 0 aliphatic rings. The number of anilines is 2. The van der Waals surface area contributed by atoms with Gasteiger partial charge in [0.05, 0.1) is 11.3 Å². The molecule has 0 amide bonds. The molecule has 0 saturated heterocycles. The number of carboxylic acids is 1. The Morgan fingerprint density at radius 2 is 1.90 bits per heavy atom. The maximum absolute atomic E-state index is 11.1. The number of nitrogens with zero attached hydrogens (tertiary/aromatic N) is 2. The fourth-order valence-corrected chi connectivity index (χ4v) is 2.22. The molecule has 1 heterocycles. The first kappa shape index (κ1) is 15.0. The second-order valence-electron chi connectivity index (χ2n) is 4.95. The molecule has 4 heteroatoms. The zero-order valence-corrected chi connectivity index (χ0v) is 12.4. The van der Waals surface area contributed by atoms with E-state index in [4.69, 9.17) is 5.11 Å². The number of unbranched alkanes of at least 4 members (excludes halogenated alkanes) is 1. The molecule has 2 rings (SSSR count). The molecule has 21 heavy (non-hydrogen) atoms. The first-order valence-corrected chi connectivity index (χ1v) is 7.17. The quantitative estimate of drug-likeness (QED) is 0.870. The third-order valence-electron chi connectivity index (χ3n) is 3.38. The number of rotatable bonds is 6. The highest BCUT2D eigenvalue weighted by Crippen LogP contribution is 2.25. The molecular formula is C17H20N2O2. The number of carboxylic acid groups (broad SMARTS) is 1. The Hall–Kier alpha value is -2.36. The Balaban J connectivity index is 2.37. The van der Waals surface area contributed by atoms with Crippen LogP contribution in [0.2, 0.25) is 0 Å². The zero-order valence-electron chi connectivity index (χ0n) is 12.4. The summed E-state index contributed by atoms with van der Waals surface area (Å²) in [5.74, 6) is -0.150. The van der Waals surface area contributed by atoms with Gasteiger partial charge < -0.3 is 10.0 Å². The molecule has 0 aliphatic carbocycles. The Labute approximate surface area is 125 Å². The molecule has 0 spiro atoms. The molecule has 2 aromatic rings. The molecule has 0 atom stereocenters. The number of benzene rings is 1. The van der Waals surface area contributed by atoms with Gasteiger partial charge in [-0.3, -0.25) is 0 Å². The molecule has 0 fully saturated rings. The summed E-state index contributed by atoms with van der Waals surface area (Å²) in [5, 5.41) is 9.10. The van der Waals surface area contributed by atoms with E-state index < -0.39 is 5.97 Å². The lowest BCUT2D eigenvalue weighted by Gasteiger charge is -2.24. The number of para-hydroxylation sites is 1. The van der Waals surface area contributed by atoms with Crippen LogP contribution in [0.25, 0.3) is 0 Å². The van der Waals surface area contributed by atoms with E-state index in [1.165, 1.54) is 0 Å². The summed E-state index contributed by atoms with van der Waals surface area (Å²) in [5.41, 5.74) is 1.86. The van der Waals surface area contributed by atoms with E-state index in [1.807, 2.05) is 30.3 Å². The monoisotopic (exact) mass is 284 g/mol. The second kappa shape index (κ2) is 6.88. The van der Waals surface area contributed by atoms with Crippen LogP contribution in [0.3, 0.4) is 0 Å². The Morgan fingerprint density at radius 1 is 1.19 bits per heavy atom. The van der Waals surface area contributed by atoms with E-state index in [9.17, 15) is 4.79 Å². The van der Waals surface area contributed by atoms with Gasteiger partial charge in [-0.2, -0.15) is 0 Å². The van der Waals surface area contributed by atoms with E-state index in [0.717, 1.165) is 30.9 Å². The van der Waals surface area contributed by atoms with Gasteiger partial charge in [-0.25, -0.2) is 9.78 Å². The predicted octanol–water partition coefficient (Wildman–Crippen LogP) is 4.03. The van der Waals surface area contributed by atoms with Gasteiger partial charge in [0.2, 0.25) is 0 Å². The van der Waals surface area contributed by atoms with Crippen LogP contribution in [0.5, 0.6) is 0 Å². The summed E-state index contributed by atoms with van der Waals surface area (Å²) >= 11 is 0. The Morgan fingerprint density at radius 3 is 2.48 bits per heavy atom. The maximum Gasteiger partial charge on any atom is 0.337 e. The normalized spacial score (nSPS) is 10.4. The van der Waals surface area contributed by atoms with Crippen LogP contribution in [-0.2, 0) is 0 Å². The highest BCUT2D eigenvalue weighted by atomic mass is 16.4. The van der Waals surface area contributed by atoms with Crippen LogP contribution in [0, 0.1) is 6.92 Å². The molecule has 0 unspecified atom stereocenters. The number of aromatic nitrogens is 1. The summed E-state index contributed by atoms with van der Waals surface area (Å²) in [6.07, 6.45) is 2.14. The molecular weight excluding hydrogens is 264 g/mol. The van der Waals surface area contributed by atoms with Gasteiger partial charge in [0.15, 0.2) is 0 Å². The minimum atomic E-state index is -0.939. The summed E-state index contributed by atoms with van der Waals surface area (Å²) in [4.78, 5) is 17.7. The molecule has 1 N–H and O–H groups in total. The fraction of sp³-hybridized carbons (Fsp3) is 0.294. The van der Waals surface area contributed by atoms with E-state index in [1.54, 1.807) is 19.1 Å². The van der Waals surface area contributed by atoms with Gasteiger partial charge in [-0.05, 0) is 37.6 Å².